The summed E-state index contributed by atoms with van der Waals surface area (Å²) in [6, 6.07) is 24.0. The van der Waals surface area contributed by atoms with Crippen molar-refractivity contribution in [3.05, 3.63) is 130 Å². The number of aliphatic hydroxyl groups is 1. The van der Waals surface area contributed by atoms with Crippen LogP contribution in [0.25, 0.3) is 31.8 Å². The predicted octanol–water partition coefficient (Wildman–Crippen LogP) is 9.61. The Hall–Kier alpha value is -8.39. The number of aryl methyl sites for hydroxylation is 1. The highest BCUT2D eigenvalue weighted by Gasteiger charge is 2.54. The number of likely N-dealkylation sites (tertiary alicyclic amines) is 1. The van der Waals surface area contributed by atoms with Crippen molar-refractivity contribution in [3.8, 4) is 27.6 Å². The molecule has 5 saturated carbocycles. The first-order valence-electron chi connectivity index (χ1n) is 32.4. The molecular formula is C70H79N13O7S2. The summed E-state index contributed by atoms with van der Waals surface area (Å²) in [6.45, 7) is 11.5. The maximum Gasteiger partial charge on any atom is 0.270 e. The smallest absolute Gasteiger partial charge is 0.270 e. The van der Waals surface area contributed by atoms with Crippen LogP contribution in [-0.2, 0) is 38.7 Å². The minimum Gasteiger partial charge on any atom is -0.391 e. The summed E-state index contributed by atoms with van der Waals surface area (Å²) in [5.41, 5.74) is 8.48. The van der Waals surface area contributed by atoms with E-state index >= 15 is 0 Å². The normalized spacial score (nSPS) is 22.5. The van der Waals surface area contributed by atoms with Gasteiger partial charge in [0.25, 0.3) is 11.8 Å². The van der Waals surface area contributed by atoms with Crippen LogP contribution >= 0.6 is 22.7 Å². The average molecular weight is 1280 g/mol. The van der Waals surface area contributed by atoms with Crippen LogP contribution in [0, 0.1) is 59.2 Å². The molecule has 6 fully saturated rings. The Labute approximate surface area is 543 Å². The Morgan fingerprint density at radius 1 is 0.837 bits per heavy atom. The first kappa shape index (κ1) is 62.4. The van der Waals surface area contributed by atoms with E-state index in [1.54, 1.807) is 26.3 Å². The van der Waals surface area contributed by atoms with E-state index in [4.69, 9.17) is 10.1 Å². The fraction of sp³-hybridized carbons (Fsp3) is 0.471. The lowest BCUT2D eigenvalue weighted by molar-refractivity contribution is -0.144. The minimum atomic E-state index is -1.19. The monoisotopic (exact) mass is 1280 g/mol. The molecule has 478 valence electrons. The molecule has 1 saturated heterocycles. The Morgan fingerprint density at radius 3 is 2.27 bits per heavy atom. The number of aliphatic hydroxyl groups excluding tert-OH is 1. The van der Waals surface area contributed by atoms with Crippen molar-refractivity contribution in [2.45, 2.75) is 149 Å². The van der Waals surface area contributed by atoms with E-state index in [1.807, 2.05) is 85.9 Å². The van der Waals surface area contributed by atoms with Crippen molar-refractivity contribution in [2.75, 3.05) is 36.4 Å². The Kier molecular flexibility index (Phi) is 17.1. The number of pyridine rings is 1. The van der Waals surface area contributed by atoms with E-state index < -0.39 is 52.8 Å². The summed E-state index contributed by atoms with van der Waals surface area (Å²) >= 11 is 2.93. The van der Waals surface area contributed by atoms with Crippen LogP contribution in [-0.4, -0.2) is 115 Å². The molecule has 6 N–H and O–H groups in total. The van der Waals surface area contributed by atoms with E-state index in [0.717, 1.165) is 73.0 Å². The molecule has 6 amide bonds. The zero-order valence-electron chi connectivity index (χ0n) is 52.7. The molecular weight excluding hydrogens is 1200 g/mol. The number of β-amino-alcohol motifs (C(OH)–C–C–N with tert-alkyl or cyclic N) is 1. The number of nitriles is 1. The SMILES string of the molecule is Cc1ncsc1-c1ccc([C@H](CC(=O)NCCCNC(=O)c2nc(N3CCc4cccc(C(=O)Nc5nc6ccccc6s5)c4C3)ccc2-c2cnn(CC34CC5CC(CC(C5)C3)C4)c2C)NC(=O)[C@@H]2C[C@@H](O)CN2C(=O)[C@@H](NC(=O)C2(C#N)CC2)C(C)(C)C)cc1. The Balaban J connectivity index is 0.703. The van der Waals surface area contributed by atoms with E-state index in [0.29, 0.717) is 66.4 Å². The summed E-state index contributed by atoms with van der Waals surface area (Å²) in [4.78, 5) is 104. The van der Waals surface area contributed by atoms with Gasteiger partial charge in [-0.3, -0.25) is 38.8 Å². The summed E-state index contributed by atoms with van der Waals surface area (Å²) < 4.78 is 3.14. The van der Waals surface area contributed by atoms with Crippen molar-refractivity contribution in [3.63, 3.8) is 0 Å². The number of thiazole rings is 2. The van der Waals surface area contributed by atoms with E-state index in [1.165, 1.54) is 66.1 Å². The van der Waals surface area contributed by atoms with Gasteiger partial charge in [0.05, 0.1) is 57.1 Å². The first-order chi connectivity index (χ1) is 44.2. The summed E-state index contributed by atoms with van der Waals surface area (Å²) in [5, 5.41) is 41.3. The summed E-state index contributed by atoms with van der Waals surface area (Å²) in [7, 11) is 0. The molecule has 0 unspecified atom stereocenters. The van der Waals surface area contributed by atoms with Gasteiger partial charge in [0.15, 0.2) is 5.13 Å². The number of nitrogens with zero attached hydrogens (tertiary/aromatic N) is 8. The topological polar surface area (TPSA) is 270 Å². The van der Waals surface area contributed by atoms with Gasteiger partial charge >= 0.3 is 0 Å². The number of rotatable bonds is 20. The molecule has 22 heteroatoms. The van der Waals surface area contributed by atoms with Crippen LogP contribution in [0.2, 0.25) is 0 Å². The first-order valence-corrected chi connectivity index (χ1v) is 34.0. The zero-order valence-corrected chi connectivity index (χ0v) is 54.4. The Morgan fingerprint density at radius 2 is 1.58 bits per heavy atom. The lowest BCUT2D eigenvalue weighted by Gasteiger charge is -2.56. The number of aromatic nitrogens is 5. The standard InChI is InChI=1S/C70H79N13O7S2/c1-40-60(91-39-74-40)47-16-14-46(15-17-47)54(76-63(87)55-29-48(84)35-82(55)65(89)61(68(3,4)5)79-66(90)70(37-71)21-22-70)30-58(85)72-23-9-24-73-64(88)59-49(51-34-75-83(41(51)2)38-69-31-42-26-43(32-69)28-44(27-42)33-69)18-19-57(78-59)81-25-20-45-10-8-11-50(52(45)36-81)62(86)80-67-77-53-12-6-7-13-56(53)92-67/h6-8,10-19,34,39,42-44,48,54-55,61,84H,9,20-33,35-36,38H2,1-5H3,(H,72,85)(H,73,88)(H,76,87)(H,79,90)(H,77,80,86)/t42?,43?,44?,48-,54+,55+,61-,69?/m1/s1. The van der Waals surface area contributed by atoms with Gasteiger partial charge in [-0.05, 0) is 159 Å². The molecule has 7 aliphatic rings. The molecule has 4 bridgehead atoms. The molecule has 2 aliphatic heterocycles. The fourth-order valence-electron chi connectivity index (χ4n) is 15.5. The van der Waals surface area contributed by atoms with Crippen molar-refractivity contribution < 1.29 is 33.9 Å². The second-order valence-electron chi connectivity index (χ2n) is 27.8. The third kappa shape index (κ3) is 12.8. The van der Waals surface area contributed by atoms with Gasteiger partial charge in [-0.2, -0.15) is 10.4 Å². The maximum atomic E-state index is 14.8. The Bertz CT molecular complexity index is 3990. The number of fused-ring (bicyclic) bond motifs is 2. The van der Waals surface area contributed by atoms with Crippen molar-refractivity contribution in [2.24, 2.45) is 34.0 Å². The third-order valence-corrected chi connectivity index (χ3v) is 22.1. The minimum absolute atomic E-state index is 0.0638. The molecule has 3 aromatic carbocycles. The largest absolute Gasteiger partial charge is 0.391 e. The predicted molar refractivity (Wildman–Crippen MR) is 352 cm³/mol. The molecule has 0 radical (unpaired) electrons. The number of anilines is 2. The number of para-hydroxylation sites is 1. The van der Waals surface area contributed by atoms with Crippen molar-refractivity contribution in [1.29, 1.82) is 5.26 Å². The van der Waals surface area contributed by atoms with E-state index in [2.05, 4.69) is 65.2 Å². The van der Waals surface area contributed by atoms with Gasteiger partial charge in [0.1, 0.15) is 29.0 Å². The van der Waals surface area contributed by atoms with Crippen LogP contribution in [0.3, 0.4) is 0 Å². The van der Waals surface area contributed by atoms with Gasteiger partial charge in [-0.25, -0.2) is 15.0 Å². The third-order valence-electron chi connectivity index (χ3n) is 20.1. The summed E-state index contributed by atoms with van der Waals surface area (Å²) in [5.74, 6) is 0.314. The van der Waals surface area contributed by atoms with E-state index in [-0.39, 0.29) is 61.3 Å². The second kappa shape index (κ2) is 25.3. The molecule has 6 heterocycles. The molecule has 92 heavy (non-hydrogen) atoms. The number of carbonyl (C=O) groups is 6. The molecule has 7 aromatic rings. The van der Waals surface area contributed by atoms with E-state index in [9.17, 15) is 39.1 Å². The van der Waals surface area contributed by atoms with Crippen LogP contribution in [0.4, 0.5) is 10.9 Å². The highest BCUT2D eigenvalue weighted by atomic mass is 32.1. The molecule has 0 spiro atoms. The molecule has 20 nitrogen and oxygen atoms in total. The number of hydrogen-bond donors (Lipinski definition) is 6. The highest BCUT2D eigenvalue weighted by molar-refractivity contribution is 7.22. The van der Waals surface area contributed by atoms with Gasteiger partial charge in [0, 0.05) is 68.1 Å². The second-order valence-corrected chi connectivity index (χ2v) is 29.7. The maximum absolute atomic E-state index is 14.8. The highest BCUT2D eigenvalue weighted by Crippen LogP contribution is 2.61. The number of amides is 6. The van der Waals surface area contributed by atoms with Crippen LogP contribution in [0.15, 0.2) is 90.6 Å². The van der Waals surface area contributed by atoms with Gasteiger partial charge < -0.3 is 36.2 Å². The quantitative estimate of drug-likeness (QED) is 0.0389. The molecule has 4 aromatic heterocycles. The van der Waals surface area contributed by atoms with Crippen LogP contribution in [0.5, 0.6) is 0 Å². The van der Waals surface area contributed by atoms with Gasteiger partial charge in [-0.15, -0.1) is 11.3 Å². The van der Waals surface area contributed by atoms with Crippen molar-refractivity contribution in [1.82, 2.24) is 50.9 Å². The molecule has 5 aliphatic carbocycles. The van der Waals surface area contributed by atoms with Crippen LogP contribution in [0.1, 0.15) is 146 Å². The number of benzene rings is 3. The molecule has 14 rings (SSSR count). The van der Waals surface area contributed by atoms with Crippen LogP contribution < -0.4 is 31.5 Å². The fourth-order valence-corrected chi connectivity index (χ4v) is 17.2. The van der Waals surface area contributed by atoms with Gasteiger partial charge in [0.2, 0.25) is 23.6 Å². The average Bonchev–Trinajstić information content (AvgIpc) is 0.806. The zero-order chi connectivity index (χ0) is 64.2. The lowest BCUT2D eigenvalue weighted by Crippen LogP contribution is -2.58. The molecule has 4 atom stereocenters. The lowest BCUT2D eigenvalue weighted by atomic mass is 9.49. The number of carbonyl (C=O) groups excluding carboxylic acids is 6. The van der Waals surface area contributed by atoms with Crippen molar-refractivity contribution >= 4 is 79.3 Å². The number of hydrogen-bond acceptors (Lipinski definition) is 15. The van der Waals surface area contributed by atoms with Gasteiger partial charge in [-0.1, -0.05) is 80.6 Å². The summed E-state index contributed by atoms with van der Waals surface area (Å²) in [6.07, 6.45) is 10.2. The number of nitrogens with one attached hydrogen (secondary N) is 5.